The molecule has 0 aromatic heterocycles. The van der Waals surface area contributed by atoms with E-state index < -0.39 is 185 Å². The van der Waals surface area contributed by atoms with Crippen molar-refractivity contribution in [3.63, 3.8) is 0 Å². The average molecular weight is 1500 g/mol. The van der Waals surface area contributed by atoms with E-state index in [0.29, 0.717) is 27.8 Å². The first-order valence-electron chi connectivity index (χ1n) is 34.8. The number of rotatable bonds is 35. The monoisotopic (exact) mass is 1500 g/mol. The molecule has 0 amide bonds. The molecule has 0 bridgehead atoms. The van der Waals surface area contributed by atoms with Crippen molar-refractivity contribution in [3.8, 4) is 0 Å². The van der Waals surface area contributed by atoms with E-state index in [0.717, 1.165) is 12.7 Å². The molecule has 10 unspecified atom stereocenters. The highest BCUT2D eigenvalue weighted by Crippen LogP contribution is 2.41. The van der Waals surface area contributed by atoms with E-state index in [2.05, 4.69) is 30.1 Å². The van der Waals surface area contributed by atoms with Gasteiger partial charge in [-0.25, -0.2) is 9.59 Å². The molecule has 6 aromatic rings. The summed E-state index contributed by atoms with van der Waals surface area (Å²) in [5, 5.41) is 82.3. The topological polar surface area (TPSA) is 459 Å². The smallest absolute Gasteiger partial charge is 0.337 e. The van der Waals surface area contributed by atoms with E-state index in [9.17, 15) is 56.8 Å². The van der Waals surface area contributed by atoms with Gasteiger partial charge in [-0.05, 0) is 50.0 Å². The number of carboxylic acids is 1. The molecule has 0 aliphatic carbocycles. The lowest BCUT2D eigenvalue weighted by Crippen LogP contribution is -2.69. The highest BCUT2D eigenvalue weighted by Gasteiger charge is 2.60. The number of carbonyl (C=O) groups is 2. The van der Waals surface area contributed by atoms with Gasteiger partial charge < -0.3 is 111 Å². The molecule has 5 fully saturated rings. The van der Waals surface area contributed by atoms with E-state index in [1.807, 2.05) is 48.5 Å². The number of methoxy groups -OCH3 is 2. The highest BCUT2D eigenvalue weighted by atomic mass is 16.8. The van der Waals surface area contributed by atoms with Crippen LogP contribution in [0.15, 0.2) is 197 Å². The van der Waals surface area contributed by atoms with Gasteiger partial charge in [-0.2, -0.15) is 0 Å². The van der Waals surface area contributed by atoms with Crippen LogP contribution in [-0.4, -0.2) is 230 Å². The lowest BCUT2D eigenvalue weighted by Gasteiger charge is -2.51. The first kappa shape index (κ1) is 80.4. The summed E-state index contributed by atoms with van der Waals surface area (Å²) in [6.45, 7) is -3.47. The third-order valence-corrected chi connectivity index (χ3v) is 18.8. The molecule has 5 saturated heterocycles. The lowest BCUT2D eigenvalue weighted by molar-refractivity contribution is -0.382. The predicted octanol–water partition coefficient (Wildman–Crippen LogP) is 6.30. The van der Waals surface area contributed by atoms with E-state index >= 15 is 0 Å². The number of aliphatic carboxylic acids is 1. The quantitative estimate of drug-likeness (QED) is 0.0110. The van der Waals surface area contributed by atoms with Crippen molar-refractivity contribution in [2.45, 2.75) is 193 Å². The molecule has 34 heteroatoms. The Labute approximate surface area is 619 Å². The minimum absolute atomic E-state index is 0.00913. The number of ether oxygens (including phenoxy) is 17. The Morgan fingerprint density at radius 2 is 0.685 bits per heavy atom. The molecule has 0 spiro atoms. The van der Waals surface area contributed by atoms with Crippen molar-refractivity contribution in [2.24, 2.45) is 15.3 Å². The number of aliphatic hydroxyl groups excluding tert-OH is 5. The number of nitrogens with zero attached hydrogens (tertiary/aromatic N) is 9. The number of benzene rings is 6. The fourth-order valence-electron chi connectivity index (χ4n) is 13.5. The van der Waals surface area contributed by atoms with Crippen molar-refractivity contribution >= 4 is 11.9 Å². The van der Waals surface area contributed by atoms with E-state index in [1.54, 1.807) is 133 Å². The second-order valence-electron chi connectivity index (χ2n) is 25.7. The molecule has 5 aliphatic heterocycles. The summed E-state index contributed by atoms with van der Waals surface area (Å²) < 4.78 is 109. The molecule has 108 heavy (non-hydrogen) atoms. The van der Waals surface area contributed by atoms with Gasteiger partial charge in [0.1, 0.15) is 104 Å². The maximum Gasteiger partial charge on any atom is 0.337 e. The predicted molar refractivity (Wildman–Crippen MR) is 372 cm³/mol. The minimum atomic E-state index is -2.17. The molecule has 0 radical (unpaired) electrons. The van der Waals surface area contributed by atoms with Crippen LogP contribution in [-0.2, 0) is 130 Å². The van der Waals surface area contributed by atoms with Gasteiger partial charge in [-0.1, -0.05) is 197 Å². The van der Waals surface area contributed by atoms with Gasteiger partial charge in [0, 0.05) is 21.8 Å². The third-order valence-electron chi connectivity index (χ3n) is 18.8. The molecule has 576 valence electrons. The molecule has 5 aliphatic rings. The minimum Gasteiger partial charge on any atom is -0.479 e. The van der Waals surface area contributed by atoms with Gasteiger partial charge in [-0.15, -0.1) is 0 Å². The van der Waals surface area contributed by atoms with Crippen LogP contribution >= 0.6 is 0 Å². The van der Waals surface area contributed by atoms with Crippen molar-refractivity contribution in [1.82, 2.24) is 0 Å². The van der Waals surface area contributed by atoms with Gasteiger partial charge in [0.15, 0.2) is 43.7 Å². The van der Waals surface area contributed by atoms with Crippen LogP contribution in [0, 0.1) is 0 Å². The van der Waals surface area contributed by atoms with Gasteiger partial charge >= 0.3 is 11.9 Å². The zero-order valence-corrected chi connectivity index (χ0v) is 58.6. The fraction of sp³-hybridized carbons (Fsp3) is 0.486. The Balaban J connectivity index is 0.920. The molecule has 5 heterocycles. The molecule has 34 nitrogen and oxygen atoms in total. The van der Waals surface area contributed by atoms with Crippen molar-refractivity contribution in [3.05, 3.63) is 247 Å². The zero-order valence-electron chi connectivity index (χ0n) is 58.6. The normalized spacial score (nSPS) is 32.6. The number of aliphatic hydroxyl groups is 5. The Morgan fingerprint density at radius 3 is 1.10 bits per heavy atom. The number of carbonyl (C=O) groups excluding carboxylic acids is 1. The summed E-state index contributed by atoms with van der Waals surface area (Å²) in [7, 11) is 2.31. The van der Waals surface area contributed by atoms with Crippen LogP contribution < -0.4 is 0 Å². The van der Waals surface area contributed by atoms with Crippen LogP contribution in [0.2, 0.25) is 0 Å². The summed E-state index contributed by atoms with van der Waals surface area (Å²) in [6.07, 6.45) is -37.6. The zero-order chi connectivity index (χ0) is 75.9. The summed E-state index contributed by atoms with van der Waals surface area (Å²) in [6, 6.07) is 48.3. The van der Waals surface area contributed by atoms with Gasteiger partial charge in [-0.3, -0.25) is 0 Å². The highest BCUT2D eigenvalue weighted by molar-refractivity contribution is 5.75. The Hall–Kier alpha value is -8.65. The standard InChI is InChI=1S/C74H85N9O25/c1-92-69(91)66-63(61(97-39-45-27-15-6-16-28-45)55(88)73(108-66)104-58-50(35-86)100-70(93-2)52(79-82-76)60(58)96-38-44-25-13-5-14-26-44)105-71-51(78-81-75)54(87)56(48(33-84)101-71)103-74-67(99-41-47-31-19-8-20-32-47)62(98-40-46-29-17-7-18-30-46)64(65(107-74)68(89)90)106-72-53(80-83-77)59(95-37-43-23-11-4-12-24-43)57(49(34-85)102-72)94-36-42-21-9-3-10-22-42/h3-32,48-67,70-74,84-88H,33-41H2,1-2H3,(H,89,90)/t48?,49?,50?,51?,52?,53?,54-,55?,56-,57-,58-,59+,60+,61-,62-,63-,64+,65?,66?,67?,70+,71+,72-,73-,74-/m1/s1. The number of carboxylic acid groups (broad SMARTS) is 1. The third kappa shape index (κ3) is 20.0. The molecule has 0 saturated carbocycles. The first-order valence-corrected chi connectivity index (χ1v) is 34.8. The molecular formula is C74H85N9O25. The SMILES string of the molecule is COC(=O)C1O[C@@H](O[C@@H]2C(CO)O[C@H](OC)C(N=[N+]=[N-])[C@@H]2OCc2ccccc2)C(O)[C@@H](OCc2ccccc2)[C@H]1O[C@@H]1OC(CO)[C@@H](O[C@@H]2OC(C(=O)O)[C@@H](O[C@H]3OC(CO)[C@@H](OCc4ccccc4)[C@@H](OCc4ccccc4)C3N=[N+]=[N-])[C@@H](OCc3ccccc3)C2OCc2ccccc2)[C@H](O)C1N=[N+]=[N-]. The molecule has 25 atom stereocenters. The number of hydrogen-bond donors (Lipinski definition) is 6. The fourth-order valence-corrected chi connectivity index (χ4v) is 13.5. The Morgan fingerprint density at radius 1 is 0.361 bits per heavy atom. The van der Waals surface area contributed by atoms with Crippen LogP contribution in [0.3, 0.4) is 0 Å². The second kappa shape index (κ2) is 40.2. The maximum atomic E-state index is 14.3. The molecule has 6 N–H and O–H groups in total. The number of azide groups is 3. The first-order chi connectivity index (χ1) is 52.8. The Kier molecular flexibility index (Phi) is 29.9. The van der Waals surface area contributed by atoms with Crippen molar-refractivity contribution < 1.29 is 121 Å². The second-order valence-corrected chi connectivity index (χ2v) is 25.7. The van der Waals surface area contributed by atoms with E-state index in [1.165, 1.54) is 7.11 Å². The van der Waals surface area contributed by atoms with Crippen molar-refractivity contribution in [1.29, 1.82) is 0 Å². The number of hydrogen-bond acceptors (Lipinski definition) is 27. The van der Waals surface area contributed by atoms with Crippen LogP contribution in [0.4, 0.5) is 0 Å². The summed E-state index contributed by atoms with van der Waals surface area (Å²) >= 11 is 0. The maximum absolute atomic E-state index is 14.3. The number of esters is 1. The van der Waals surface area contributed by atoms with E-state index in [4.69, 9.17) is 80.5 Å². The van der Waals surface area contributed by atoms with Gasteiger partial charge in [0.05, 0.1) is 72.7 Å². The van der Waals surface area contributed by atoms with E-state index in [-0.39, 0.29) is 39.6 Å². The lowest BCUT2D eigenvalue weighted by atomic mass is 9.93. The van der Waals surface area contributed by atoms with Crippen molar-refractivity contribution in [2.75, 3.05) is 34.0 Å². The largest absolute Gasteiger partial charge is 0.479 e. The van der Waals surface area contributed by atoms with Crippen LogP contribution in [0.5, 0.6) is 0 Å². The van der Waals surface area contributed by atoms with Crippen LogP contribution in [0.1, 0.15) is 33.4 Å². The summed E-state index contributed by atoms with van der Waals surface area (Å²) in [5.41, 5.74) is 34.3. The molecular weight excluding hydrogens is 1410 g/mol. The average Bonchev–Trinajstić information content (AvgIpc) is 0.759. The van der Waals surface area contributed by atoms with Gasteiger partial charge in [0.25, 0.3) is 0 Å². The summed E-state index contributed by atoms with van der Waals surface area (Å²) in [5.74, 6) is -2.84. The molecule has 11 rings (SSSR count). The summed E-state index contributed by atoms with van der Waals surface area (Å²) in [4.78, 5) is 37.6. The van der Waals surface area contributed by atoms with Gasteiger partial charge in [0.2, 0.25) is 0 Å². The van der Waals surface area contributed by atoms with Crippen LogP contribution in [0.25, 0.3) is 31.3 Å². The Bertz CT molecular complexity index is 3890. The molecule has 6 aromatic carbocycles.